The number of rotatable bonds is 5. The van der Waals surface area contributed by atoms with Crippen molar-refractivity contribution >= 4 is 11.9 Å². The number of aromatic nitrogens is 1. The summed E-state index contributed by atoms with van der Waals surface area (Å²) >= 11 is 0. The van der Waals surface area contributed by atoms with Gasteiger partial charge in [-0.25, -0.2) is 0 Å². The lowest BCUT2D eigenvalue weighted by atomic mass is 9.84. The molecule has 1 aliphatic heterocycles. The number of hydrogen-bond acceptors (Lipinski definition) is 7. The van der Waals surface area contributed by atoms with Crippen molar-refractivity contribution in [3.05, 3.63) is 17.5 Å². The van der Waals surface area contributed by atoms with Gasteiger partial charge in [0.1, 0.15) is 22.6 Å². The van der Waals surface area contributed by atoms with Crippen molar-refractivity contribution in [2.24, 2.45) is 11.8 Å². The van der Waals surface area contributed by atoms with Crippen LogP contribution in [0.2, 0.25) is 0 Å². The molecule has 146 valence electrons. The molecule has 1 aliphatic rings. The second-order valence-corrected chi connectivity index (χ2v) is 8.50. The highest BCUT2D eigenvalue weighted by molar-refractivity contribution is 5.84. The molecule has 0 radical (unpaired) electrons. The van der Waals surface area contributed by atoms with Crippen LogP contribution in [0.3, 0.4) is 0 Å². The summed E-state index contributed by atoms with van der Waals surface area (Å²) in [5.41, 5.74) is -1.00. The van der Waals surface area contributed by atoms with Gasteiger partial charge in [-0.05, 0) is 46.5 Å². The predicted octanol–water partition coefficient (Wildman–Crippen LogP) is 2.93. The van der Waals surface area contributed by atoms with E-state index < -0.39 is 23.1 Å². The number of esters is 2. The summed E-state index contributed by atoms with van der Waals surface area (Å²) in [5.74, 6) is -0.404. The molecule has 0 bridgehead atoms. The Balaban J connectivity index is 2.42. The van der Waals surface area contributed by atoms with Gasteiger partial charge < -0.3 is 14.0 Å². The topological polar surface area (TPSA) is 90.7 Å². The summed E-state index contributed by atoms with van der Waals surface area (Å²) in [7, 11) is 1.35. The lowest BCUT2D eigenvalue weighted by molar-refractivity contribution is -0.163. The van der Waals surface area contributed by atoms with Gasteiger partial charge in [-0.2, -0.15) is 0 Å². The smallest absolute Gasteiger partial charge is 0.326 e. The Morgan fingerprint density at radius 3 is 2.54 bits per heavy atom. The Kier molecular flexibility index (Phi) is 5.80. The fourth-order valence-electron chi connectivity index (χ4n) is 3.57. The third kappa shape index (κ3) is 4.44. The standard InChI is InChI=1S/C19H30N2O5/c1-11(2)9-19(17(23)25-18(4,5)6)10-13(16(22)24-7)15(20-19)14-8-12(3)26-21-14/h8,11,13,15,20H,9-10H2,1-7H3/t13-,15+,19-/m0/s1. The van der Waals surface area contributed by atoms with Gasteiger partial charge in [0.25, 0.3) is 0 Å². The second-order valence-electron chi connectivity index (χ2n) is 8.50. The minimum atomic E-state index is -0.974. The minimum absolute atomic E-state index is 0.228. The Hall–Kier alpha value is -1.89. The molecule has 0 amide bonds. The van der Waals surface area contributed by atoms with E-state index in [0.29, 0.717) is 24.3 Å². The van der Waals surface area contributed by atoms with Crippen LogP contribution in [0, 0.1) is 18.8 Å². The largest absolute Gasteiger partial charge is 0.469 e. The number of ether oxygens (including phenoxy) is 2. The van der Waals surface area contributed by atoms with Crippen LogP contribution >= 0.6 is 0 Å². The number of carbonyl (C=O) groups excluding carboxylic acids is 2. The molecule has 2 heterocycles. The maximum absolute atomic E-state index is 13.1. The van der Waals surface area contributed by atoms with Crippen LogP contribution in [0.1, 0.15) is 65.0 Å². The van der Waals surface area contributed by atoms with E-state index >= 15 is 0 Å². The molecule has 26 heavy (non-hydrogen) atoms. The molecule has 1 fully saturated rings. The third-order valence-corrected chi connectivity index (χ3v) is 4.42. The van der Waals surface area contributed by atoms with Gasteiger partial charge in [0, 0.05) is 6.07 Å². The Labute approximate surface area is 154 Å². The van der Waals surface area contributed by atoms with Crippen LogP contribution in [-0.2, 0) is 19.1 Å². The van der Waals surface area contributed by atoms with Crippen LogP contribution in [0.25, 0.3) is 0 Å². The number of nitrogens with zero attached hydrogens (tertiary/aromatic N) is 1. The molecule has 1 saturated heterocycles. The van der Waals surface area contributed by atoms with Crippen molar-refractivity contribution in [1.82, 2.24) is 10.5 Å². The van der Waals surface area contributed by atoms with E-state index in [1.807, 2.05) is 34.6 Å². The van der Waals surface area contributed by atoms with Crippen LogP contribution < -0.4 is 5.32 Å². The predicted molar refractivity (Wildman–Crippen MR) is 95.3 cm³/mol. The number of methoxy groups -OCH3 is 1. The second kappa shape index (κ2) is 7.39. The Bertz CT molecular complexity index is 661. The molecule has 0 aromatic carbocycles. The van der Waals surface area contributed by atoms with E-state index in [4.69, 9.17) is 14.0 Å². The molecule has 7 nitrogen and oxygen atoms in total. The summed E-state index contributed by atoms with van der Waals surface area (Å²) in [4.78, 5) is 25.5. The number of aryl methyl sites for hydroxylation is 1. The zero-order chi connectivity index (χ0) is 19.7. The summed E-state index contributed by atoms with van der Waals surface area (Å²) in [6, 6.07) is 1.31. The molecule has 0 unspecified atom stereocenters. The molecule has 2 rings (SSSR count). The maximum atomic E-state index is 13.1. The van der Waals surface area contributed by atoms with Gasteiger partial charge in [-0.1, -0.05) is 19.0 Å². The minimum Gasteiger partial charge on any atom is -0.469 e. The average Bonchev–Trinajstić information content (AvgIpc) is 3.09. The molecule has 0 saturated carbocycles. The highest BCUT2D eigenvalue weighted by Gasteiger charge is 2.55. The van der Waals surface area contributed by atoms with Crippen LogP contribution in [0.5, 0.6) is 0 Å². The number of carbonyl (C=O) groups is 2. The molecule has 7 heteroatoms. The first-order valence-corrected chi connectivity index (χ1v) is 8.99. The molecule has 1 N–H and O–H groups in total. The summed E-state index contributed by atoms with van der Waals surface area (Å²) in [6.07, 6.45) is 0.839. The average molecular weight is 366 g/mol. The summed E-state index contributed by atoms with van der Waals surface area (Å²) in [5, 5.41) is 7.40. The van der Waals surface area contributed by atoms with Gasteiger partial charge in [-0.15, -0.1) is 0 Å². The van der Waals surface area contributed by atoms with Crippen molar-refractivity contribution < 1.29 is 23.6 Å². The van der Waals surface area contributed by atoms with E-state index in [0.717, 1.165) is 0 Å². The molecule has 0 spiro atoms. The maximum Gasteiger partial charge on any atom is 0.326 e. The van der Waals surface area contributed by atoms with Gasteiger partial charge in [0.2, 0.25) is 0 Å². The fourth-order valence-corrected chi connectivity index (χ4v) is 3.57. The van der Waals surface area contributed by atoms with Crippen LogP contribution in [0.4, 0.5) is 0 Å². The van der Waals surface area contributed by atoms with Crippen molar-refractivity contribution in [1.29, 1.82) is 0 Å². The zero-order valence-electron chi connectivity index (χ0n) is 16.7. The zero-order valence-corrected chi connectivity index (χ0v) is 16.7. The monoisotopic (exact) mass is 366 g/mol. The van der Waals surface area contributed by atoms with E-state index in [9.17, 15) is 9.59 Å². The number of hydrogen-bond donors (Lipinski definition) is 1. The van der Waals surface area contributed by atoms with Crippen molar-refractivity contribution in [2.75, 3.05) is 7.11 Å². The SMILES string of the molecule is COC(=O)[C@H]1C[C@@](CC(C)C)(C(=O)OC(C)(C)C)N[C@H]1c1cc(C)on1. The van der Waals surface area contributed by atoms with E-state index in [-0.39, 0.29) is 17.9 Å². The molecular weight excluding hydrogens is 336 g/mol. The highest BCUT2D eigenvalue weighted by atomic mass is 16.6. The first-order chi connectivity index (χ1) is 12.0. The van der Waals surface area contributed by atoms with Gasteiger partial charge in [0.05, 0.1) is 19.1 Å². The molecular formula is C19H30N2O5. The van der Waals surface area contributed by atoms with Gasteiger partial charge in [-0.3, -0.25) is 14.9 Å². The lowest BCUT2D eigenvalue weighted by Crippen LogP contribution is -2.52. The Morgan fingerprint density at radius 1 is 1.42 bits per heavy atom. The quantitative estimate of drug-likeness (QED) is 0.801. The molecule has 0 aliphatic carbocycles. The Morgan fingerprint density at radius 2 is 2.08 bits per heavy atom. The third-order valence-electron chi connectivity index (χ3n) is 4.42. The normalized spacial score (nSPS) is 26.2. The van der Waals surface area contributed by atoms with Crippen molar-refractivity contribution in [3.63, 3.8) is 0 Å². The highest BCUT2D eigenvalue weighted by Crippen LogP contribution is 2.42. The van der Waals surface area contributed by atoms with Gasteiger partial charge in [0.15, 0.2) is 0 Å². The van der Waals surface area contributed by atoms with E-state index in [1.165, 1.54) is 7.11 Å². The lowest BCUT2D eigenvalue weighted by Gasteiger charge is -2.33. The summed E-state index contributed by atoms with van der Waals surface area (Å²) in [6.45, 7) is 11.4. The molecule has 1 aromatic rings. The number of nitrogens with one attached hydrogen (secondary N) is 1. The van der Waals surface area contributed by atoms with Gasteiger partial charge >= 0.3 is 11.9 Å². The van der Waals surface area contributed by atoms with Crippen LogP contribution in [-0.4, -0.2) is 35.3 Å². The van der Waals surface area contributed by atoms with E-state index in [2.05, 4.69) is 10.5 Å². The molecule has 3 atom stereocenters. The summed E-state index contributed by atoms with van der Waals surface area (Å²) < 4.78 is 15.8. The molecule has 1 aromatic heterocycles. The van der Waals surface area contributed by atoms with Crippen molar-refractivity contribution in [2.45, 2.75) is 71.6 Å². The first-order valence-electron chi connectivity index (χ1n) is 8.99. The fraction of sp³-hybridized carbons (Fsp3) is 0.737. The first kappa shape index (κ1) is 20.4. The van der Waals surface area contributed by atoms with E-state index in [1.54, 1.807) is 13.0 Å². The van der Waals surface area contributed by atoms with Crippen molar-refractivity contribution in [3.8, 4) is 0 Å². The van der Waals surface area contributed by atoms with Crippen LogP contribution in [0.15, 0.2) is 10.6 Å².